The summed E-state index contributed by atoms with van der Waals surface area (Å²) in [6, 6.07) is 8.28. The number of nitrogens with one attached hydrogen (secondary N) is 1. The molecule has 0 aliphatic rings. The molecule has 0 amide bonds. The van der Waals surface area contributed by atoms with Crippen molar-refractivity contribution in [2.75, 3.05) is 14.2 Å². The Hall–Kier alpha value is -1.94. The van der Waals surface area contributed by atoms with Gasteiger partial charge in [-0.15, -0.1) is 0 Å². The summed E-state index contributed by atoms with van der Waals surface area (Å²) in [6.45, 7) is 0. The van der Waals surface area contributed by atoms with E-state index in [1.807, 2.05) is 37.6 Å². The fourth-order valence-electron chi connectivity index (χ4n) is 2.05. The summed E-state index contributed by atoms with van der Waals surface area (Å²) in [4.78, 5) is 8.54. The first kappa shape index (κ1) is 13.5. The lowest BCUT2D eigenvalue weighted by atomic mass is 10.0. The molecule has 0 spiro atoms. The zero-order valence-electron chi connectivity index (χ0n) is 11.3. The molecule has 0 saturated carbocycles. The van der Waals surface area contributed by atoms with Crippen LogP contribution in [0.4, 0.5) is 0 Å². The topological polar surface area (TPSA) is 47.0 Å². The number of ether oxygens (including phenoxy) is 1. The molecule has 0 saturated heterocycles. The largest absolute Gasteiger partial charge is 0.495 e. The first-order valence-corrected chi connectivity index (χ1v) is 6.39. The molecule has 2 aromatic heterocycles. The summed E-state index contributed by atoms with van der Waals surface area (Å²) in [7, 11) is 3.62. The van der Waals surface area contributed by atoms with Crippen molar-refractivity contribution in [3.05, 3.63) is 54.1 Å². The van der Waals surface area contributed by atoms with Crippen molar-refractivity contribution in [1.29, 1.82) is 0 Å². The second kappa shape index (κ2) is 6.85. The van der Waals surface area contributed by atoms with Crippen LogP contribution in [0.2, 0.25) is 0 Å². The van der Waals surface area contributed by atoms with Crippen LogP contribution >= 0.6 is 0 Å². The van der Waals surface area contributed by atoms with E-state index in [2.05, 4.69) is 21.4 Å². The average Bonchev–Trinajstić information content (AvgIpc) is 2.49. The Balaban J connectivity index is 2.03. The molecule has 0 aliphatic heterocycles. The molecule has 1 atom stereocenters. The van der Waals surface area contributed by atoms with Gasteiger partial charge in [-0.2, -0.15) is 0 Å². The number of hydrogen-bond acceptors (Lipinski definition) is 4. The lowest BCUT2D eigenvalue weighted by molar-refractivity contribution is 0.410. The van der Waals surface area contributed by atoms with E-state index >= 15 is 0 Å². The first-order chi connectivity index (χ1) is 9.33. The second-order valence-electron chi connectivity index (χ2n) is 4.36. The highest BCUT2D eigenvalue weighted by Gasteiger charge is 2.11. The molecule has 0 fully saturated rings. The standard InChI is InChI=1S/C15H19N3O/c1-16-15(7-6-13-5-3-4-8-18-13)12-9-14(19-2)11-17-10-12/h3-5,8-11,15-16H,6-7H2,1-2H3. The van der Waals surface area contributed by atoms with Gasteiger partial charge < -0.3 is 10.1 Å². The highest BCUT2D eigenvalue weighted by Crippen LogP contribution is 2.21. The van der Waals surface area contributed by atoms with Gasteiger partial charge in [-0.05, 0) is 43.7 Å². The highest BCUT2D eigenvalue weighted by molar-refractivity contribution is 5.26. The maximum absolute atomic E-state index is 5.21. The molecule has 0 radical (unpaired) electrons. The van der Waals surface area contributed by atoms with E-state index in [1.165, 1.54) is 0 Å². The van der Waals surface area contributed by atoms with Crippen molar-refractivity contribution in [3.8, 4) is 5.75 Å². The number of pyridine rings is 2. The Bertz CT molecular complexity index is 502. The van der Waals surface area contributed by atoms with E-state index in [4.69, 9.17) is 4.74 Å². The second-order valence-corrected chi connectivity index (χ2v) is 4.36. The molecule has 4 nitrogen and oxygen atoms in total. The van der Waals surface area contributed by atoms with Crippen molar-refractivity contribution in [2.24, 2.45) is 0 Å². The van der Waals surface area contributed by atoms with Crippen LogP contribution < -0.4 is 10.1 Å². The lowest BCUT2D eigenvalue weighted by Gasteiger charge is -2.16. The van der Waals surface area contributed by atoms with Gasteiger partial charge >= 0.3 is 0 Å². The molecule has 0 bridgehead atoms. The number of methoxy groups -OCH3 is 1. The first-order valence-electron chi connectivity index (χ1n) is 6.39. The van der Waals surface area contributed by atoms with Crippen LogP contribution in [0, 0.1) is 0 Å². The summed E-state index contributed by atoms with van der Waals surface area (Å²) in [5.41, 5.74) is 2.25. The van der Waals surface area contributed by atoms with Crippen LogP contribution in [0.25, 0.3) is 0 Å². The van der Waals surface area contributed by atoms with Gasteiger partial charge in [-0.25, -0.2) is 0 Å². The van der Waals surface area contributed by atoms with Crippen molar-refractivity contribution in [2.45, 2.75) is 18.9 Å². The van der Waals surface area contributed by atoms with Crippen LogP contribution in [-0.4, -0.2) is 24.1 Å². The van der Waals surface area contributed by atoms with Crippen molar-refractivity contribution in [3.63, 3.8) is 0 Å². The number of rotatable bonds is 6. The number of hydrogen-bond donors (Lipinski definition) is 1. The van der Waals surface area contributed by atoms with E-state index in [0.29, 0.717) is 0 Å². The Morgan fingerprint density at radius 1 is 1.32 bits per heavy atom. The summed E-state index contributed by atoms with van der Waals surface area (Å²) in [5.74, 6) is 0.788. The predicted octanol–water partition coefficient (Wildman–Crippen LogP) is 2.38. The third-order valence-electron chi connectivity index (χ3n) is 3.14. The van der Waals surface area contributed by atoms with Crippen LogP contribution in [0.5, 0.6) is 5.75 Å². The minimum Gasteiger partial charge on any atom is -0.495 e. The van der Waals surface area contributed by atoms with Gasteiger partial charge in [0.05, 0.1) is 13.3 Å². The minimum atomic E-state index is 0.254. The fourth-order valence-corrected chi connectivity index (χ4v) is 2.05. The van der Waals surface area contributed by atoms with E-state index in [1.54, 1.807) is 13.3 Å². The van der Waals surface area contributed by atoms with E-state index in [-0.39, 0.29) is 6.04 Å². The minimum absolute atomic E-state index is 0.254. The maximum atomic E-state index is 5.21. The van der Waals surface area contributed by atoms with Crippen molar-refractivity contribution < 1.29 is 4.74 Å². The number of nitrogens with zero attached hydrogens (tertiary/aromatic N) is 2. The van der Waals surface area contributed by atoms with Crippen LogP contribution in [0.1, 0.15) is 23.7 Å². The van der Waals surface area contributed by atoms with Gasteiger partial charge in [0.25, 0.3) is 0 Å². The third-order valence-corrected chi connectivity index (χ3v) is 3.14. The molecule has 100 valence electrons. The zero-order chi connectivity index (χ0) is 13.5. The number of aryl methyl sites for hydroxylation is 1. The van der Waals surface area contributed by atoms with Gasteiger partial charge in [0.2, 0.25) is 0 Å². The maximum Gasteiger partial charge on any atom is 0.137 e. The molecule has 2 rings (SSSR count). The summed E-state index contributed by atoms with van der Waals surface area (Å²) < 4.78 is 5.21. The lowest BCUT2D eigenvalue weighted by Crippen LogP contribution is -2.17. The van der Waals surface area contributed by atoms with Crippen LogP contribution in [-0.2, 0) is 6.42 Å². The van der Waals surface area contributed by atoms with Gasteiger partial charge in [0.1, 0.15) is 5.75 Å². The van der Waals surface area contributed by atoms with E-state index in [9.17, 15) is 0 Å². The normalized spacial score (nSPS) is 12.1. The fraction of sp³-hybridized carbons (Fsp3) is 0.333. The Kier molecular flexibility index (Phi) is 4.86. The quantitative estimate of drug-likeness (QED) is 0.863. The smallest absolute Gasteiger partial charge is 0.137 e. The van der Waals surface area contributed by atoms with Crippen LogP contribution in [0.15, 0.2) is 42.9 Å². The van der Waals surface area contributed by atoms with Gasteiger partial charge in [-0.1, -0.05) is 6.07 Å². The molecule has 1 unspecified atom stereocenters. The van der Waals surface area contributed by atoms with Crippen molar-refractivity contribution >= 4 is 0 Å². The molecular weight excluding hydrogens is 238 g/mol. The monoisotopic (exact) mass is 257 g/mol. The molecule has 1 N–H and O–H groups in total. The molecule has 0 aromatic carbocycles. The number of aromatic nitrogens is 2. The summed E-state index contributed by atoms with van der Waals surface area (Å²) >= 11 is 0. The van der Waals surface area contributed by atoms with Gasteiger partial charge in [0.15, 0.2) is 0 Å². The molecule has 2 aromatic rings. The molecule has 2 heterocycles. The zero-order valence-corrected chi connectivity index (χ0v) is 11.3. The Morgan fingerprint density at radius 3 is 2.89 bits per heavy atom. The third kappa shape index (κ3) is 3.76. The van der Waals surface area contributed by atoms with Gasteiger partial charge in [0, 0.05) is 24.1 Å². The predicted molar refractivity (Wildman–Crippen MR) is 75.1 cm³/mol. The SMILES string of the molecule is CNC(CCc1ccccn1)c1cncc(OC)c1. The van der Waals surface area contributed by atoms with Crippen molar-refractivity contribution in [1.82, 2.24) is 15.3 Å². The molecule has 4 heteroatoms. The molecule has 0 aliphatic carbocycles. The summed E-state index contributed by atoms with van der Waals surface area (Å²) in [5, 5.41) is 3.32. The molecular formula is C15H19N3O. The average molecular weight is 257 g/mol. The highest BCUT2D eigenvalue weighted by atomic mass is 16.5. The van der Waals surface area contributed by atoms with E-state index < -0.39 is 0 Å². The molecule has 19 heavy (non-hydrogen) atoms. The van der Waals surface area contributed by atoms with E-state index in [0.717, 1.165) is 29.8 Å². The summed E-state index contributed by atoms with van der Waals surface area (Å²) in [6.07, 6.45) is 7.33. The van der Waals surface area contributed by atoms with Crippen LogP contribution in [0.3, 0.4) is 0 Å². The Labute approximate surface area is 113 Å². The van der Waals surface area contributed by atoms with Gasteiger partial charge in [-0.3, -0.25) is 9.97 Å². The Morgan fingerprint density at radius 2 is 2.21 bits per heavy atom.